The van der Waals surface area contributed by atoms with Crippen LogP contribution in [0, 0.1) is 11.8 Å². The number of carbonyl (C=O) groups is 4. The third-order valence-electron chi connectivity index (χ3n) is 5.94. The maximum absolute atomic E-state index is 13.1. The molecule has 0 spiro atoms. The molecule has 0 rings (SSSR count). The number of carbonyl (C=O) groups excluding carboxylic acids is 3. The molecule has 7 atom stereocenters. The maximum atomic E-state index is 13.1. The van der Waals surface area contributed by atoms with E-state index in [0.717, 1.165) is 6.42 Å². The Bertz CT molecular complexity index is 645. The van der Waals surface area contributed by atoms with Crippen molar-refractivity contribution in [2.75, 3.05) is 6.54 Å². The molecule has 0 heterocycles. The second-order valence-corrected chi connectivity index (χ2v) is 8.70. The van der Waals surface area contributed by atoms with Crippen molar-refractivity contribution in [2.24, 2.45) is 23.3 Å². The van der Waals surface area contributed by atoms with Crippen molar-refractivity contribution in [3.05, 3.63) is 0 Å². The summed E-state index contributed by atoms with van der Waals surface area (Å²) in [6.07, 6.45) is 1.65. The number of aliphatic carboxylic acids is 1. The number of rotatable bonds is 16. The second-order valence-electron chi connectivity index (χ2n) is 8.70. The van der Waals surface area contributed by atoms with E-state index in [9.17, 15) is 29.4 Å². The largest absolute Gasteiger partial charge is 0.480 e. The van der Waals surface area contributed by atoms with Gasteiger partial charge in [0.2, 0.25) is 17.7 Å². The minimum Gasteiger partial charge on any atom is -0.480 e. The van der Waals surface area contributed by atoms with Crippen LogP contribution in [-0.2, 0) is 19.2 Å². The van der Waals surface area contributed by atoms with Gasteiger partial charge in [-0.25, -0.2) is 4.79 Å². The van der Waals surface area contributed by atoms with Crippen LogP contribution in [0.3, 0.4) is 0 Å². The van der Waals surface area contributed by atoms with E-state index in [1.54, 1.807) is 13.8 Å². The predicted octanol–water partition coefficient (Wildman–Crippen LogP) is -0.545. The first kappa shape index (κ1) is 30.8. The number of hydrogen-bond acceptors (Lipinski definition) is 7. The van der Waals surface area contributed by atoms with Crippen molar-refractivity contribution in [1.29, 1.82) is 0 Å². The number of nitrogens with one attached hydrogen (secondary N) is 3. The number of carboxylic acid groups (broad SMARTS) is 1. The third-order valence-corrected chi connectivity index (χ3v) is 5.94. The average molecular weight is 474 g/mol. The lowest BCUT2D eigenvalue weighted by Gasteiger charge is -2.30. The first-order valence-corrected chi connectivity index (χ1v) is 11.7. The van der Waals surface area contributed by atoms with Crippen LogP contribution in [0.4, 0.5) is 0 Å². The monoisotopic (exact) mass is 473 g/mol. The number of aliphatic hydroxyl groups excluding tert-OH is 1. The van der Waals surface area contributed by atoms with Gasteiger partial charge in [-0.1, -0.05) is 47.0 Å². The first-order chi connectivity index (χ1) is 15.4. The molecule has 9 N–H and O–H groups in total. The van der Waals surface area contributed by atoms with Crippen LogP contribution in [0.2, 0.25) is 0 Å². The molecule has 0 bridgehead atoms. The van der Waals surface area contributed by atoms with Gasteiger partial charge in [-0.2, -0.15) is 0 Å². The van der Waals surface area contributed by atoms with Crippen LogP contribution >= 0.6 is 0 Å². The number of carboxylic acids is 1. The highest BCUT2D eigenvalue weighted by Crippen LogP contribution is 2.13. The van der Waals surface area contributed by atoms with Crippen molar-refractivity contribution in [3.63, 3.8) is 0 Å². The zero-order valence-corrected chi connectivity index (χ0v) is 20.5. The highest BCUT2D eigenvalue weighted by molar-refractivity contribution is 5.94. The molecule has 11 heteroatoms. The summed E-state index contributed by atoms with van der Waals surface area (Å²) in [6, 6.07) is -4.27. The summed E-state index contributed by atoms with van der Waals surface area (Å²) in [5.74, 6) is -3.70. The molecule has 3 amide bonds. The van der Waals surface area contributed by atoms with Crippen LogP contribution in [0.1, 0.15) is 66.7 Å². The normalized spacial score (nSPS) is 17.6. The van der Waals surface area contributed by atoms with Crippen molar-refractivity contribution >= 4 is 23.7 Å². The molecule has 7 unspecified atom stereocenters. The van der Waals surface area contributed by atoms with Crippen molar-refractivity contribution in [1.82, 2.24) is 16.0 Å². The fourth-order valence-electron chi connectivity index (χ4n) is 3.18. The molecule has 0 radical (unpaired) electrons. The number of aliphatic hydroxyl groups is 1. The lowest BCUT2D eigenvalue weighted by molar-refractivity contribution is -0.145. The molecule has 0 aromatic rings. The topological polar surface area (TPSA) is 197 Å². The van der Waals surface area contributed by atoms with Crippen molar-refractivity contribution in [2.45, 2.75) is 97.0 Å². The number of unbranched alkanes of at least 4 members (excludes halogenated alkanes) is 1. The van der Waals surface area contributed by atoms with Gasteiger partial charge in [-0.15, -0.1) is 0 Å². The summed E-state index contributed by atoms with van der Waals surface area (Å²) in [6.45, 7) is 9.00. The molecule has 0 saturated carbocycles. The summed E-state index contributed by atoms with van der Waals surface area (Å²) in [7, 11) is 0. The molecule has 0 saturated heterocycles. The molecular formula is C22H43N5O6. The van der Waals surface area contributed by atoms with E-state index in [-0.39, 0.29) is 11.8 Å². The molecular weight excluding hydrogens is 430 g/mol. The van der Waals surface area contributed by atoms with Gasteiger partial charge in [-0.05, 0) is 38.1 Å². The Hall–Kier alpha value is -2.24. The molecule has 0 fully saturated rings. The van der Waals surface area contributed by atoms with E-state index in [0.29, 0.717) is 32.2 Å². The molecule has 0 aromatic carbocycles. The molecule has 0 aliphatic carbocycles. The first-order valence-electron chi connectivity index (χ1n) is 11.7. The van der Waals surface area contributed by atoms with Crippen LogP contribution in [0.25, 0.3) is 0 Å². The Labute approximate surface area is 196 Å². The SMILES string of the molecule is CCC(C)C(NC(=O)C(N)CCCCN)C(=O)NC(C(=O)NC(C(=O)O)C(C)O)C(C)CC. The van der Waals surface area contributed by atoms with E-state index in [1.165, 1.54) is 6.92 Å². The Morgan fingerprint density at radius 3 is 1.58 bits per heavy atom. The molecule has 0 aliphatic heterocycles. The van der Waals surface area contributed by atoms with Gasteiger partial charge < -0.3 is 37.6 Å². The van der Waals surface area contributed by atoms with E-state index in [1.807, 2.05) is 13.8 Å². The van der Waals surface area contributed by atoms with Gasteiger partial charge in [0.15, 0.2) is 6.04 Å². The minimum atomic E-state index is -1.52. The van der Waals surface area contributed by atoms with Crippen molar-refractivity contribution in [3.8, 4) is 0 Å². The number of nitrogens with two attached hydrogens (primary N) is 2. The molecule has 11 nitrogen and oxygen atoms in total. The fourth-order valence-corrected chi connectivity index (χ4v) is 3.18. The van der Waals surface area contributed by atoms with Crippen LogP contribution < -0.4 is 27.4 Å². The van der Waals surface area contributed by atoms with E-state index in [4.69, 9.17) is 11.5 Å². The van der Waals surface area contributed by atoms with Gasteiger partial charge in [0, 0.05) is 0 Å². The Balaban J connectivity index is 5.51. The summed E-state index contributed by atoms with van der Waals surface area (Å²) in [5, 5.41) is 26.6. The quantitative estimate of drug-likeness (QED) is 0.145. The van der Waals surface area contributed by atoms with Gasteiger partial charge in [0.25, 0.3) is 0 Å². The van der Waals surface area contributed by atoms with Crippen LogP contribution in [0.5, 0.6) is 0 Å². The molecule has 33 heavy (non-hydrogen) atoms. The number of amides is 3. The third kappa shape index (κ3) is 10.5. The van der Waals surface area contributed by atoms with Gasteiger partial charge >= 0.3 is 5.97 Å². The summed E-state index contributed by atoms with van der Waals surface area (Å²) < 4.78 is 0. The zero-order chi connectivity index (χ0) is 25.7. The van der Waals surface area contributed by atoms with Crippen molar-refractivity contribution < 1.29 is 29.4 Å². The van der Waals surface area contributed by atoms with Gasteiger partial charge in [0.05, 0.1) is 12.1 Å². The summed E-state index contributed by atoms with van der Waals surface area (Å²) in [4.78, 5) is 49.8. The smallest absolute Gasteiger partial charge is 0.328 e. The zero-order valence-electron chi connectivity index (χ0n) is 20.5. The highest BCUT2D eigenvalue weighted by Gasteiger charge is 2.35. The minimum absolute atomic E-state index is 0.241. The fraction of sp³-hybridized carbons (Fsp3) is 0.818. The molecule has 192 valence electrons. The van der Waals surface area contributed by atoms with E-state index < -0.39 is 54.0 Å². The highest BCUT2D eigenvalue weighted by atomic mass is 16.4. The van der Waals surface area contributed by atoms with Crippen LogP contribution in [0.15, 0.2) is 0 Å². The Kier molecular flexibility index (Phi) is 14.5. The Morgan fingerprint density at radius 1 is 0.788 bits per heavy atom. The van der Waals surface area contributed by atoms with E-state index >= 15 is 0 Å². The average Bonchev–Trinajstić information content (AvgIpc) is 2.77. The van der Waals surface area contributed by atoms with Gasteiger partial charge in [0.1, 0.15) is 12.1 Å². The lowest BCUT2D eigenvalue weighted by Crippen LogP contribution is -2.60. The Morgan fingerprint density at radius 2 is 1.21 bits per heavy atom. The van der Waals surface area contributed by atoms with Crippen LogP contribution in [-0.4, -0.2) is 70.7 Å². The number of hydrogen-bond donors (Lipinski definition) is 7. The summed E-state index contributed by atoms with van der Waals surface area (Å²) >= 11 is 0. The summed E-state index contributed by atoms with van der Waals surface area (Å²) in [5.41, 5.74) is 11.4. The molecule has 0 aliphatic rings. The van der Waals surface area contributed by atoms with E-state index in [2.05, 4.69) is 16.0 Å². The molecule has 0 aromatic heterocycles. The predicted molar refractivity (Wildman–Crippen MR) is 125 cm³/mol. The lowest BCUT2D eigenvalue weighted by atomic mass is 9.94. The maximum Gasteiger partial charge on any atom is 0.328 e. The second kappa shape index (κ2) is 15.6. The van der Waals surface area contributed by atoms with Gasteiger partial charge in [-0.3, -0.25) is 14.4 Å². The standard InChI is InChI=1S/C22H43N5O6/c1-6-12(3)16(25-19(29)15(24)10-8-9-11-23)20(30)26-17(13(4)7-2)21(31)27-18(14(5)28)22(32)33/h12-18,28H,6-11,23-24H2,1-5H3,(H,25,29)(H,26,30)(H,27,31)(H,32,33).